The smallest absolute Gasteiger partial charge is 0.416 e. The van der Waals surface area contributed by atoms with Gasteiger partial charge in [-0.3, -0.25) is 9.69 Å². The number of benzene rings is 2. The van der Waals surface area contributed by atoms with E-state index >= 15 is 0 Å². The molecule has 0 aromatic heterocycles. The highest BCUT2D eigenvalue weighted by Crippen LogP contribution is 2.39. The van der Waals surface area contributed by atoms with Gasteiger partial charge in [0.1, 0.15) is 6.61 Å². The third-order valence-electron chi connectivity index (χ3n) is 7.65. The lowest BCUT2D eigenvalue weighted by Crippen LogP contribution is -2.50. The van der Waals surface area contributed by atoms with Gasteiger partial charge in [0.05, 0.1) is 23.1 Å². The molecule has 0 N–H and O–H groups in total. The van der Waals surface area contributed by atoms with Gasteiger partial charge in [-0.15, -0.1) is 0 Å². The summed E-state index contributed by atoms with van der Waals surface area (Å²) < 4.78 is 90.3. The lowest BCUT2D eigenvalue weighted by molar-refractivity contribution is -0.143. The van der Waals surface area contributed by atoms with Crippen molar-refractivity contribution < 1.29 is 40.6 Å². The first-order valence-corrected chi connectivity index (χ1v) is 14.3. The topological polar surface area (TPSA) is 54.4 Å². The number of thioether (sulfide) groups is 1. The summed E-state index contributed by atoms with van der Waals surface area (Å²) in [5.41, 5.74) is -2.69. The van der Waals surface area contributed by atoms with Crippen LogP contribution in [0, 0.1) is 0 Å². The third kappa shape index (κ3) is 6.88. The summed E-state index contributed by atoms with van der Waals surface area (Å²) in [5.74, 6) is -0.0749. The Morgan fingerprint density at radius 3 is 2.31 bits per heavy atom. The predicted octanol–water partition coefficient (Wildman–Crippen LogP) is 6.84. The van der Waals surface area contributed by atoms with Gasteiger partial charge in [0.15, 0.2) is 16.7 Å². The van der Waals surface area contributed by atoms with Gasteiger partial charge >= 0.3 is 12.4 Å². The van der Waals surface area contributed by atoms with E-state index in [4.69, 9.17) is 9.47 Å². The zero-order chi connectivity index (χ0) is 30.1. The van der Waals surface area contributed by atoms with Crippen molar-refractivity contribution in [3.8, 4) is 11.5 Å². The minimum absolute atomic E-state index is 0.0767. The fourth-order valence-electron chi connectivity index (χ4n) is 5.42. The molecule has 2 aromatic carbocycles. The number of amidine groups is 1. The maximum Gasteiger partial charge on any atom is 0.416 e. The van der Waals surface area contributed by atoms with Crippen molar-refractivity contribution in [1.29, 1.82) is 0 Å². The second-order valence-corrected chi connectivity index (χ2v) is 11.3. The number of methoxy groups -OCH3 is 1. The summed E-state index contributed by atoms with van der Waals surface area (Å²) in [6.07, 6.45) is -3.20. The average molecular weight is 614 g/mol. The molecule has 0 radical (unpaired) electrons. The minimum Gasteiger partial charge on any atom is -0.493 e. The number of halogens is 6. The van der Waals surface area contributed by atoms with Crippen molar-refractivity contribution in [2.75, 3.05) is 33.3 Å². The van der Waals surface area contributed by atoms with Crippen LogP contribution < -0.4 is 9.47 Å². The first-order valence-electron chi connectivity index (χ1n) is 13.5. The number of ether oxygens (including phenoxy) is 2. The molecule has 1 saturated heterocycles. The van der Waals surface area contributed by atoms with Crippen LogP contribution in [0.25, 0.3) is 6.08 Å². The molecule has 0 unspecified atom stereocenters. The summed E-state index contributed by atoms with van der Waals surface area (Å²) in [6, 6.07) is 6.71. The molecule has 1 saturated carbocycles. The molecule has 6 nitrogen and oxygen atoms in total. The van der Waals surface area contributed by atoms with Crippen LogP contribution in [0.3, 0.4) is 0 Å². The first-order chi connectivity index (χ1) is 19.9. The van der Waals surface area contributed by atoms with Crippen LogP contribution in [-0.4, -0.2) is 60.2 Å². The van der Waals surface area contributed by atoms with E-state index in [1.807, 2.05) is 0 Å². The molecule has 3 aliphatic rings. The van der Waals surface area contributed by atoms with Crippen LogP contribution in [0.1, 0.15) is 47.9 Å². The monoisotopic (exact) mass is 613 g/mol. The van der Waals surface area contributed by atoms with E-state index in [0.717, 1.165) is 32.2 Å². The Kier molecular flexibility index (Phi) is 8.79. The normalized spacial score (nSPS) is 20.0. The van der Waals surface area contributed by atoms with Gasteiger partial charge in [-0.2, -0.15) is 31.3 Å². The Balaban J connectivity index is 1.24. The van der Waals surface area contributed by atoms with E-state index in [9.17, 15) is 31.1 Å². The van der Waals surface area contributed by atoms with Crippen molar-refractivity contribution >= 4 is 28.9 Å². The number of alkyl halides is 6. The summed E-state index contributed by atoms with van der Waals surface area (Å²) in [5, 5.41) is 0.668. The molecule has 2 aromatic rings. The highest BCUT2D eigenvalue weighted by molar-refractivity contribution is 8.18. The number of piperazine rings is 1. The Morgan fingerprint density at radius 1 is 0.952 bits per heavy atom. The van der Waals surface area contributed by atoms with Crippen LogP contribution >= 0.6 is 11.8 Å². The molecule has 0 bridgehead atoms. The quantitative estimate of drug-likeness (QED) is 0.263. The van der Waals surface area contributed by atoms with E-state index in [1.165, 1.54) is 50.6 Å². The first kappa shape index (κ1) is 30.3. The molecule has 1 amide bonds. The van der Waals surface area contributed by atoms with Crippen LogP contribution in [0.2, 0.25) is 0 Å². The predicted molar refractivity (Wildman–Crippen MR) is 147 cm³/mol. The minimum atomic E-state index is -5.00. The molecule has 226 valence electrons. The van der Waals surface area contributed by atoms with Crippen LogP contribution in [0.5, 0.6) is 11.5 Å². The van der Waals surface area contributed by atoms with Gasteiger partial charge < -0.3 is 14.4 Å². The van der Waals surface area contributed by atoms with Crippen LogP contribution in [0.15, 0.2) is 46.3 Å². The Morgan fingerprint density at radius 2 is 1.67 bits per heavy atom. The van der Waals surface area contributed by atoms with Crippen molar-refractivity contribution in [2.24, 2.45) is 4.99 Å². The zero-order valence-electron chi connectivity index (χ0n) is 22.7. The number of carbonyl (C=O) groups excluding carboxylic acids is 1. The molecule has 2 heterocycles. The molecular weight excluding hydrogens is 584 g/mol. The fraction of sp³-hybridized carbons (Fsp3) is 0.448. The van der Waals surface area contributed by atoms with E-state index in [1.54, 1.807) is 18.2 Å². The number of hydrogen-bond donors (Lipinski definition) is 0. The van der Waals surface area contributed by atoms with Crippen molar-refractivity contribution in [2.45, 2.75) is 50.7 Å². The average Bonchev–Trinajstić information content (AvgIpc) is 3.62. The molecule has 5 rings (SSSR count). The van der Waals surface area contributed by atoms with Gasteiger partial charge in [-0.1, -0.05) is 25.0 Å². The number of rotatable bonds is 6. The van der Waals surface area contributed by atoms with E-state index in [0.29, 0.717) is 27.7 Å². The molecule has 1 aliphatic carbocycles. The van der Waals surface area contributed by atoms with Gasteiger partial charge in [-0.05, 0) is 60.5 Å². The van der Waals surface area contributed by atoms with Gasteiger partial charge in [0.25, 0.3) is 5.91 Å². The molecule has 2 fully saturated rings. The van der Waals surface area contributed by atoms with Crippen LogP contribution in [-0.2, 0) is 23.8 Å². The SMILES string of the molecule is COc1cc(/C=C2/SC(N3CCN(C4CCCC4)CC3)=NC2=O)ccc1OCc1ccc(C(F)(F)F)cc1C(F)(F)F. The fourth-order valence-corrected chi connectivity index (χ4v) is 6.39. The largest absolute Gasteiger partial charge is 0.493 e. The number of aliphatic imine (C=N–C) groups is 1. The second kappa shape index (κ2) is 12.2. The lowest BCUT2D eigenvalue weighted by atomic mass is 10.0. The highest BCUT2D eigenvalue weighted by Gasteiger charge is 2.38. The molecular formula is C29H29F6N3O3S. The lowest BCUT2D eigenvalue weighted by Gasteiger charge is -2.38. The maximum atomic E-state index is 13.5. The van der Waals surface area contributed by atoms with Gasteiger partial charge in [-0.25, -0.2) is 0 Å². The number of carbonyl (C=O) groups is 1. The molecule has 0 spiro atoms. The van der Waals surface area contributed by atoms with Crippen molar-refractivity contribution in [1.82, 2.24) is 9.80 Å². The number of hydrogen-bond acceptors (Lipinski definition) is 6. The molecule has 42 heavy (non-hydrogen) atoms. The Hall–Kier alpha value is -3.19. The van der Waals surface area contributed by atoms with Gasteiger partial charge in [0, 0.05) is 37.8 Å². The standard InChI is InChI=1S/C29H29F6N3O3S/c1-40-24-14-18(6-9-23(24)41-17-19-7-8-20(28(30,31)32)16-22(19)29(33,34)35)15-25-26(39)36-27(42-25)38-12-10-37(11-13-38)21-4-2-3-5-21/h6-9,14-16,21H,2-5,10-13,17H2,1H3/b25-15+. The summed E-state index contributed by atoms with van der Waals surface area (Å²) >= 11 is 1.30. The Labute approximate surface area is 243 Å². The molecule has 2 aliphatic heterocycles. The van der Waals surface area contributed by atoms with Crippen molar-refractivity contribution in [3.63, 3.8) is 0 Å². The van der Waals surface area contributed by atoms with Crippen molar-refractivity contribution in [3.05, 3.63) is 63.6 Å². The highest BCUT2D eigenvalue weighted by atomic mass is 32.2. The molecule has 13 heteroatoms. The van der Waals surface area contributed by atoms with Crippen LogP contribution in [0.4, 0.5) is 26.3 Å². The number of amides is 1. The maximum absolute atomic E-state index is 13.5. The third-order valence-corrected chi connectivity index (χ3v) is 8.69. The number of nitrogens with zero attached hydrogens (tertiary/aromatic N) is 3. The Bertz CT molecular complexity index is 1380. The van der Waals surface area contributed by atoms with E-state index in [2.05, 4.69) is 14.8 Å². The summed E-state index contributed by atoms with van der Waals surface area (Å²) in [7, 11) is 1.35. The second-order valence-electron chi connectivity index (χ2n) is 10.3. The summed E-state index contributed by atoms with van der Waals surface area (Å²) in [4.78, 5) is 22.0. The van der Waals surface area contributed by atoms with E-state index in [-0.39, 0.29) is 23.5 Å². The summed E-state index contributed by atoms with van der Waals surface area (Å²) in [6.45, 7) is 2.85. The molecule has 0 atom stereocenters. The van der Waals surface area contributed by atoms with E-state index < -0.39 is 35.6 Å². The zero-order valence-corrected chi connectivity index (χ0v) is 23.5. The van der Waals surface area contributed by atoms with Gasteiger partial charge in [0.2, 0.25) is 0 Å².